The molecular weight excluding hydrogens is 304 g/mol. The van der Waals surface area contributed by atoms with Crippen molar-refractivity contribution in [1.29, 1.82) is 0 Å². The monoisotopic (exact) mass is 340 g/mol. The molecule has 0 aromatic carbocycles. The van der Waals surface area contributed by atoms with Gasteiger partial charge in [-0.3, -0.25) is 9.69 Å². The van der Waals surface area contributed by atoms with Crippen molar-refractivity contribution in [3.8, 4) is 0 Å². The van der Waals surface area contributed by atoms with Crippen molar-refractivity contribution in [2.45, 2.75) is 83.5 Å². The number of hydrogen-bond donors (Lipinski definition) is 1. The van der Waals surface area contributed by atoms with Gasteiger partial charge in [0.05, 0.1) is 31.5 Å². The first-order chi connectivity index (χ1) is 11.7. The average molecular weight is 341 g/mol. The third-order valence-electron chi connectivity index (χ3n) is 5.31. The number of rotatable bonds is 8. The van der Waals surface area contributed by atoms with Crippen LogP contribution in [0.25, 0.3) is 0 Å². The summed E-state index contributed by atoms with van der Waals surface area (Å²) in [4.78, 5) is 14.8. The molecule has 2 aliphatic rings. The van der Waals surface area contributed by atoms with Crippen LogP contribution in [0.15, 0.2) is 0 Å². The second kappa shape index (κ2) is 11.1. The van der Waals surface area contributed by atoms with E-state index in [1.807, 2.05) is 0 Å². The van der Waals surface area contributed by atoms with Gasteiger partial charge in [0, 0.05) is 19.6 Å². The molecule has 5 heteroatoms. The van der Waals surface area contributed by atoms with Crippen LogP contribution in [0.4, 0.5) is 0 Å². The van der Waals surface area contributed by atoms with Gasteiger partial charge in [-0.15, -0.1) is 0 Å². The second-order valence-corrected chi connectivity index (χ2v) is 7.10. The van der Waals surface area contributed by atoms with E-state index < -0.39 is 0 Å². The largest absolute Gasteiger partial charge is 0.376 e. The van der Waals surface area contributed by atoms with E-state index in [1.165, 1.54) is 38.5 Å². The number of carbonyl (C=O) groups excluding carboxylic acids is 1. The van der Waals surface area contributed by atoms with Crippen LogP contribution < -0.4 is 5.32 Å². The van der Waals surface area contributed by atoms with E-state index in [9.17, 15) is 4.79 Å². The van der Waals surface area contributed by atoms with Gasteiger partial charge in [-0.05, 0) is 25.7 Å². The molecule has 1 amide bonds. The van der Waals surface area contributed by atoms with Crippen molar-refractivity contribution in [3.63, 3.8) is 0 Å². The van der Waals surface area contributed by atoms with E-state index in [-0.39, 0.29) is 18.1 Å². The van der Waals surface area contributed by atoms with Crippen LogP contribution in [-0.4, -0.2) is 61.9 Å². The Bertz CT molecular complexity index is 357. The number of ether oxygens (including phenoxy) is 2. The Kier molecular flexibility index (Phi) is 9.07. The summed E-state index contributed by atoms with van der Waals surface area (Å²) in [5.41, 5.74) is 0. The summed E-state index contributed by atoms with van der Waals surface area (Å²) in [5.74, 6) is 0.138. The van der Waals surface area contributed by atoms with Gasteiger partial charge < -0.3 is 14.8 Å². The fraction of sp³-hybridized carbons (Fsp3) is 0.947. The lowest BCUT2D eigenvalue weighted by molar-refractivity contribution is -0.130. The molecular formula is C19H36N2O3. The van der Waals surface area contributed by atoms with Gasteiger partial charge in [0.25, 0.3) is 0 Å². The number of hydrogen-bond acceptors (Lipinski definition) is 4. The average Bonchev–Trinajstić information content (AvgIpc) is 2.88. The molecule has 24 heavy (non-hydrogen) atoms. The first-order valence-electron chi connectivity index (χ1n) is 9.99. The Morgan fingerprint density at radius 3 is 2.67 bits per heavy atom. The topological polar surface area (TPSA) is 50.8 Å². The molecule has 1 N–H and O–H groups in total. The minimum atomic E-state index is -0.0409. The van der Waals surface area contributed by atoms with Crippen molar-refractivity contribution < 1.29 is 14.3 Å². The van der Waals surface area contributed by atoms with Gasteiger partial charge >= 0.3 is 0 Å². The zero-order valence-corrected chi connectivity index (χ0v) is 15.6. The van der Waals surface area contributed by atoms with E-state index in [2.05, 4.69) is 24.1 Å². The Balaban J connectivity index is 1.67. The van der Waals surface area contributed by atoms with Crippen molar-refractivity contribution >= 4 is 5.91 Å². The standard InChI is InChI=1S/C19H36N2O3/c1-3-16-15-21(12-14-24-16)18(4-2)19(22)20-11-13-23-17-9-7-5-6-8-10-17/h16-18H,3-15H2,1-2H3,(H,20,22)/t16-,18-/m1/s1. The molecule has 0 spiro atoms. The molecule has 2 fully saturated rings. The lowest BCUT2D eigenvalue weighted by Crippen LogP contribution is -2.53. The van der Waals surface area contributed by atoms with E-state index in [1.54, 1.807) is 0 Å². The molecule has 0 bridgehead atoms. The van der Waals surface area contributed by atoms with Gasteiger partial charge in [-0.1, -0.05) is 39.5 Å². The Hall–Kier alpha value is -0.650. The van der Waals surface area contributed by atoms with E-state index >= 15 is 0 Å². The lowest BCUT2D eigenvalue weighted by Gasteiger charge is -2.37. The predicted octanol–water partition coefficient (Wildman–Crippen LogP) is 2.73. The number of amides is 1. The molecule has 1 saturated carbocycles. The molecule has 0 unspecified atom stereocenters. The maximum atomic E-state index is 12.5. The molecule has 1 aliphatic carbocycles. The normalized spacial score (nSPS) is 25.2. The fourth-order valence-corrected chi connectivity index (χ4v) is 3.81. The molecule has 0 radical (unpaired) electrons. The summed E-state index contributed by atoms with van der Waals surface area (Å²) in [7, 11) is 0. The van der Waals surface area contributed by atoms with Gasteiger partial charge in [0.15, 0.2) is 0 Å². The van der Waals surface area contributed by atoms with Crippen LogP contribution in [0.2, 0.25) is 0 Å². The lowest BCUT2D eigenvalue weighted by atomic mass is 10.1. The van der Waals surface area contributed by atoms with Crippen molar-refractivity contribution in [3.05, 3.63) is 0 Å². The van der Waals surface area contributed by atoms with Crippen molar-refractivity contribution in [2.75, 3.05) is 32.8 Å². The van der Waals surface area contributed by atoms with Gasteiger partial charge in [0.2, 0.25) is 5.91 Å². The van der Waals surface area contributed by atoms with Crippen LogP contribution in [0, 0.1) is 0 Å². The summed E-state index contributed by atoms with van der Waals surface area (Å²) in [6.45, 7) is 7.92. The first-order valence-corrected chi connectivity index (χ1v) is 9.99. The van der Waals surface area contributed by atoms with E-state index in [4.69, 9.17) is 9.47 Å². The van der Waals surface area contributed by atoms with Gasteiger partial charge in [-0.2, -0.15) is 0 Å². The molecule has 2 atom stereocenters. The SMILES string of the molecule is CC[C@@H]1CN([C@H](CC)C(=O)NCCOC2CCCCCC2)CCO1. The van der Waals surface area contributed by atoms with E-state index in [0.717, 1.165) is 32.5 Å². The maximum absolute atomic E-state index is 12.5. The molecule has 0 aromatic rings. The predicted molar refractivity (Wildman–Crippen MR) is 96.1 cm³/mol. The zero-order chi connectivity index (χ0) is 17.2. The third-order valence-corrected chi connectivity index (χ3v) is 5.31. The molecule has 0 aromatic heterocycles. The van der Waals surface area contributed by atoms with Gasteiger partial charge in [-0.25, -0.2) is 0 Å². The number of carbonyl (C=O) groups is 1. The van der Waals surface area contributed by atoms with Gasteiger partial charge in [0.1, 0.15) is 0 Å². The zero-order valence-electron chi connectivity index (χ0n) is 15.6. The smallest absolute Gasteiger partial charge is 0.237 e. The molecule has 1 heterocycles. The highest BCUT2D eigenvalue weighted by molar-refractivity contribution is 5.81. The Morgan fingerprint density at radius 1 is 1.25 bits per heavy atom. The molecule has 5 nitrogen and oxygen atoms in total. The van der Waals surface area contributed by atoms with Crippen LogP contribution >= 0.6 is 0 Å². The quantitative estimate of drug-likeness (QED) is 0.545. The van der Waals surface area contributed by atoms with Crippen molar-refractivity contribution in [2.24, 2.45) is 0 Å². The van der Waals surface area contributed by atoms with E-state index in [0.29, 0.717) is 19.3 Å². The summed E-state index contributed by atoms with van der Waals surface area (Å²) in [6, 6.07) is -0.0409. The molecule has 2 rings (SSSR count). The molecule has 140 valence electrons. The Labute approximate surface area is 147 Å². The third kappa shape index (κ3) is 6.34. The summed E-state index contributed by atoms with van der Waals surface area (Å²) in [6.07, 6.45) is 10.1. The maximum Gasteiger partial charge on any atom is 0.237 e. The number of nitrogens with zero attached hydrogens (tertiary/aromatic N) is 1. The fourth-order valence-electron chi connectivity index (χ4n) is 3.81. The minimum Gasteiger partial charge on any atom is -0.376 e. The first kappa shape index (κ1) is 19.7. The number of nitrogens with one attached hydrogen (secondary N) is 1. The highest BCUT2D eigenvalue weighted by atomic mass is 16.5. The highest BCUT2D eigenvalue weighted by Crippen LogP contribution is 2.19. The Morgan fingerprint density at radius 2 is 2.00 bits per heavy atom. The van der Waals surface area contributed by atoms with Crippen LogP contribution in [-0.2, 0) is 14.3 Å². The molecule has 1 saturated heterocycles. The summed E-state index contributed by atoms with van der Waals surface area (Å²) >= 11 is 0. The van der Waals surface area contributed by atoms with Crippen LogP contribution in [0.1, 0.15) is 65.2 Å². The van der Waals surface area contributed by atoms with Crippen LogP contribution in [0.3, 0.4) is 0 Å². The second-order valence-electron chi connectivity index (χ2n) is 7.10. The van der Waals surface area contributed by atoms with Crippen LogP contribution in [0.5, 0.6) is 0 Å². The highest BCUT2D eigenvalue weighted by Gasteiger charge is 2.28. The molecule has 1 aliphatic heterocycles. The summed E-state index contributed by atoms with van der Waals surface area (Å²) < 4.78 is 11.7. The summed E-state index contributed by atoms with van der Waals surface area (Å²) in [5, 5.41) is 3.07. The minimum absolute atomic E-state index is 0.0409. The van der Waals surface area contributed by atoms with Crippen molar-refractivity contribution in [1.82, 2.24) is 10.2 Å². The number of morpholine rings is 1.